The van der Waals surface area contributed by atoms with Crippen molar-refractivity contribution in [2.45, 2.75) is 31.8 Å². The minimum Gasteiger partial charge on any atom is -0.389 e. The van der Waals surface area contributed by atoms with Crippen molar-refractivity contribution in [1.29, 1.82) is 0 Å². The minimum atomic E-state index is -0.349. The first kappa shape index (κ1) is 16.0. The number of likely N-dealkylation sites (tertiary alicyclic amines) is 2. The third kappa shape index (κ3) is 3.91. The first-order valence-corrected chi connectivity index (χ1v) is 8.42. The van der Waals surface area contributed by atoms with Crippen molar-refractivity contribution in [2.24, 2.45) is 5.92 Å². The molecule has 2 heterocycles. The third-order valence-corrected chi connectivity index (χ3v) is 4.84. The maximum atomic E-state index is 12.3. The van der Waals surface area contributed by atoms with Crippen LogP contribution < -0.4 is 0 Å². The molecule has 124 valence electrons. The molecule has 3 rings (SSSR count). The van der Waals surface area contributed by atoms with E-state index in [0.717, 1.165) is 19.3 Å². The van der Waals surface area contributed by atoms with Gasteiger partial charge in [-0.15, -0.1) is 0 Å². The van der Waals surface area contributed by atoms with Crippen LogP contribution in [-0.2, 0) is 16.0 Å². The predicted octanol–water partition coefficient (Wildman–Crippen LogP) is 1.06. The van der Waals surface area contributed by atoms with Crippen LogP contribution in [0.3, 0.4) is 0 Å². The van der Waals surface area contributed by atoms with Crippen LogP contribution in [0.5, 0.6) is 0 Å². The molecule has 0 spiro atoms. The molecule has 0 bridgehead atoms. The molecule has 5 nitrogen and oxygen atoms in total. The maximum Gasteiger partial charge on any atom is 0.225 e. The normalized spacial score (nSPS) is 19.5. The van der Waals surface area contributed by atoms with Gasteiger partial charge in [0.1, 0.15) is 0 Å². The van der Waals surface area contributed by atoms with E-state index >= 15 is 0 Å². The van der Waals surface area contributed by atoms with Crippen LogP contribution in [0.1, 0.15) is 24.8 Å². The zero-order valence-electron chi connectivity index (χ0n) is 13.4. The molecular formula is C18H24N2O3. The molecule has 2 fully saturated rings. The number of hydrogen-bond acceptors (Lipinski definition) is 3. The first-order chi connectivity index (χ1) is 11.1. The fourth-order valence-electron chi connectivity index (χ4n) is 3.32. The number of amides is 2. The lowest BCUT2D eigenvalue weighted by molar-refractivity contribution is -0.148. The van der Waals surface area contributed by atoms with Gasteiger partial charge in [0, 0.05) is 38.5 Å². The van der Waals surface area contributed by atoms with Gasteiger partial charge in [-0.25, -0.2) is 0 Å². The molecule has 0 aliphatic carbocycles. The van der Waals surface area contributed by atoms with E-state index in [2.05, 4.69) is 0 Å². The Labute approximate surface area is 136 Å². The van der Waals surface area contributed by atoms with Crippen LogP contribution in [0.25, 0.3) is 0 Å². The molecule has 1 N–H and O–H groups in total. The Morgan fingerprint density at radius 2 is 1.70 bits per heavy atom. The van der Waals surface area contributed by atoms with Crippen LogP contribution >= 0.6 is 0 Å². The van der Waals surface area contributed by atoms with Crippen molar-refractivity contribution >= 4 is 11.8 Å². The molecule has 0 atom stereocenters. The zero-order chi connectivity index (χ0) is 16.2. The van der Waals surface area contributed by atoms with E-state index in [4.69, 9.17) is 0 Å². The first-order valence-electron chi connectivity index (χ1n) is 8.42. The number of benzene rings is 1. The highest BCUT2D eigenvalue weighted by Gasteiger charge is 2.35. The van der Waals surface area contributed by atoms with Crippen LogP contribution in [0, 0.1) is 5.92 Å². The summed E-state index contributed by atoms with van der Waals surface area (Å²) in [4.78, 5) is 28.1. The fourth-order valence-corrected chi connectivity index (χ4v) is 3.32. The zero-order valence-corrected chi connectivity index (χ0v) is 13.4. The topological polar surface area (TPSA) is 60.9 Å². The van der Waals surface area contributed by atoms with Crippen molar-refractivity contribution in [3.8, 4) is 0 Å². The number of hydrogen-bond donors (Lipinski definition) is 1. The van der Waals surface area contributed by atoms with Crippen molar-refractivity contribution in [2.75, 3.05) is 26.2 Å². The lowest BCUT2D eigenvalue weighted by Gasteiger charge is -2.40. The highest BCUT2D eigenvalue weighted by atomic mass is 16.3. The Kier molecular flexibility index (Phi) is 4.96. The maximum absolute atomic E-state index is 12.3. The van der Waals surface area contributed by atoms with E-state index in [1.165, 1.54) is 5.56 Å². The van der Waals surface area contributed by atoms with Gasteiger partial charge in [0.25, 0.3) is 0 Å². The smallest absolute Gasteiger partial charge is 0.225 e. The third-order valence-electron chi connectivity index (χ3n) is 4.84. The summed E-state index contributed by atoms with van der Waals surface area (Å²) >= 11 is 0. The van der Waals surface area contributed by atoms with E-state index in [1.54, 1.807) is 4.90 Å². The number of aryl methyl sites for hydroxylation is 1. The highest BCUT2D eigenvalue weighted by molar-refractivity contribution is 5.81. The number of rotatable bonds is 4. The standard InChI is InChI=1S/C18H24N2O3/c21-16-12-20(13-16)18(23)15-8-10-19(11-9-15)17(22)7-6-14-4-2-1-3-5-14/h1-5,15-16,21H,6-13H2. The van der Waals surface area contributed by atoms with E-state index in [-0.39, 0.29) is 23.8 Å². The van der Waals surface area contributed by atoms with Gasteiger partial charge in [-0.05, 0) is 24.8 Å². The van der Waals surface area contributed by atoms with Crippen molar-refractivity contribution < 1.29 is 14.7 Å². The molecule has 1 aromatic carbocycles. The van der Waals surface area contributed by atoms with E-state index in [9.17, 15) is 14.7 Å². The van der Waals surface area contributed by atoms with Gasteiger partial charge < -0.3 is 14.9 Å². The number of nitrogens with zero attached hydrogens (tertiary/aromatic N) is 2. The van der Waals surface area contributed by atoms with Crippen LogP contribution in [-0.4, -0.2) is 59.0 Å². The molecular weight excluding hydrogens is 292 g/mol. The summed E-state index contributed by atoms with van der Waals surface area (Å²) in [5.74, 6) is 0.339. The number of aliphatic hydroxyl groups excluding tert-OH is 1. The Morgan fingerprint density at radius 1 is 1.04 bits per heavy atom. The Bertz CT molecular complexity index is 547. The lowest BCUT2D eigenvalue weighted by atomic mass is 9.93. The summed E-state index contributed by atoms with van der Waals surface area (Å²) in [5.41, 5.74) is 1.18. The molecule has 0 unspecified atom stereocenters. The number of carbonyl (C=O) groups is 2. The van der Waals surface area contributed by atoms with E-state index < -0.39 is 0 Å². The summed E-state index contributed by atoms with van der Waals surface area (Å²) < 4.78 is 0. The van der Waals surface area contributed by atoms with E-state index in [1.807, 2.05) is 35.2 Å². The quantitative estimate of drug-likeness (QED) is 0.903. The molecule has 2 saturated heterocycles. The molecule has 0 saturated carbocycles. The predicted molar refractivity (Wildman–Crippen MR) is 86.7 cm³/mol. The number of piperidine rings is 1. The van der Waals surface area contributed by atoms with Crippen molar-refractivity contribution in [3.05, 3.63) is 35.9 Å². The fraction of sp³-hybridized carbons (Fsp3) is 0.556. The molecule has 2 amide bonds. The second-order valence-corrected chi connectivity index (χ2v) is 6.54. The Morgan fingerprint density at radius 3 is 2.30 bits per heavy atom. The van der Waals surface area contributed by atoms with Gasteiger partial charge >= 0.3 is 0 Å². The average Bonchev–Trinajstić information content (AvgIpc) is 2.57. The van der Waals surface area contributed by atoms with Gasteiger partial charge in [0.05, 0.1) is 6.10 Å². The van der Waals surface area contributed by atoms with Gasteiger partial charge in [0.2, 0.25) is 11.8 Å². The van der Waals surface area contributed by atoms with Crippen LogP contribution in [0.2, 0.25) is 0 Å². The Balaban J connectivity index is 1.41. The second-order valence-electron chi connectivity index (χ2n) is 6.54. The largest absolute Gasteiger partial charge is 0.389 e. The molecule has 0 aromatic heterocycles. The number of aliphatic hydroxyl groups is 1. The molecule has 2 aliphatic heterocycles. The molecule has 2 aliphatic rings. The van der Waals surface area contributed by atoms with Gasteiger partial charge in [-0.2, -0.15) is 0 Å². The molecule has 1 aromatic rings. The lowest BCUT2D eigenvalue weighted by Crippen LogP contribution is -2.56. The van der Waals surface area contributed by atoms with Crippen LogP contribution in [0.4, 0.5) is 0 Å². The van der Waals surface area contributed by atoms with Crippen molar-refractivity contribution in [3.63, 3.8) is 0 Å². The van der Waals surface area contributed by atoms with Gasteiger partial charge in [-0.3, -0.25) is 9.59 Å². The summed E-state index contributed by atoms with van der Waals surface area (Å²) in [5, 5.41) is 9.29. The number of β-amino-alcohol motifs (C(OH)–C–C–N with tert-alkyl or cyclic N) is 1. The summed E-state index contributed by atoms with van der Waals surface area (Å²) in [7, 11) is 0. The van der Waals surface area contributed by atoms with Crippen LogP contribution in [0.15, 0.2) is 30.3 Å². The monoisotopic (exact) mass is 316 g/mol. The Hall–Kier alpha value is -1.88. The second kappa shape index (κ2) is 7.13. The molecule has 0 radical (unpaired) electrons. The summed E-state index contributed by atoms with van der Waals surface area (Å²) in [6.45, 7) is 2.27. The van der Waals surface area contributed by atoms with E-state index in [0.29, 0.717) is 32.6 Å². The summed E-state index contributed by atoms with van der Waals surface area (Å²) in [6.07, 6.45) is 2.43. The minimum absolute atomic E-state index is 0.0145. The SMILES string of the molecule is O=C(CCc1ccccc1)N1CCC(C(=O)N2CC(O)C2)CC1. The van der Waals surface area contributed by atoms with Gasteiger partial charge in [0.15, 0.2) is 0 Å². The molecule has 23 heavy (non-hydrogen) atoms. The number of carbonyl (C=O) groups excluding carboxylic acids is 2. The molecule has 5 heteroatoms. The highest BCUT2D eigenvalue weighted by Crippen LogP contribution is 2.23. The van der Waals surface area contributed by atoms with Crippen molar-refractivity contribution in [1.82, 2.24) is 9.80 Å². The summed E-state index contributed by atoms with van der Waals surface area (Å²) in [6, 6.07) is 10.0. The average molecular weight is 316 g/mol. The van der Waals surface area contributed by atoms with Gasteiger partial charge in [-0.1, -0.05) is 30.3 Å².